The first-order chi connectivity index (χ1) is 8.15. The Morgan fingerprint density at radius 1 is 1.29 bits per heavy atom. The second-order valence-electron chi connectivity index (χ2n) is 3.57. The molecule has 0 radical (unpaired) electrons. The van der Waals surface area contributed by atoms with Crippen LogP contribution in [0.3, 0.4) is 0 Å². The number of amides is 1. The van der Waals surface area contributed by atoms with E-state index in [2.05, 4.69) is 20.8 Å². The fourth-order valence-electron chi connectivity index (χ4n) is 1.36. The molecule has 88 valence electrons. The third-order valence-corrected chi connectivity index (χ3v) is 2.05. The maximum absolute atomic E-state index is 11.6. The second-order valence-corrected chi connectivity index (χ2v) is 3.57. The number of hydrogen-bond donors (Lipinski definition) is 2. The maximum Gasteiger partial charge on any atom is 0.272 e. The topological polar surface area (TPSA) is 80.0 Å². The predicted octanol–water partition coefficient (Wildman–Crippen LogP) is 1.44. The molecule has 2 heterocycles. The third kappa shape index (κ3) is 2.81. The first-order valence-corrected chi connectivity index (χ1v) is 5.06. The van der Waals surface area contributed by atoms with Crippen molar-refractivity contribution in [1.82, 2.24) is 15.4 Å². The Morgan fingerprint density at radius 3 is 2.59 bits per heavy atom. The fraction of sp³-hybridized carbons (Fsp3) is 0.182. The van der Waals surface area contributed by atoms with Crippen molar-refractivity contribution in [3.05, 3.63) is 41.6 Å². The molecule has 0 unspecified atom stereocenters. The van der Waals surface area contributed by atoms with Crippen molar-refractivity contribution in [1.29, 1.82) is 0 Å². The number of furan rings is 1. The van der Waals surface area contributed by atoms with Crippen LogP contribution in [0.2, 0.25) is 0 Å². The molecule has 2 N–H and O–H groups in total. The van der Waals surface area contributed by atoms with Crippen LogP contribution in [0.15, 0.2) is 29.1 Å². The zero-order valence-electron chi connectivity index (χ0n) is 9.52. The summed E-state index contributed by atoms with van der Waals surface area (Å²) in [6, 6.07) is 3.42. The van der Waals surface area contributed by atoms with E-state index < -0.39 is 0 Å². The summed E-state index contributed by atoms with van der Waals surface area (Å²) < 4.78 is 4.81. The Hall–Kier alpha value is -2.37. The normalized spacial score (nSPS) is 10.0. The fourth-order valence-corrected chi connectivity index (χ4v) is 1.36. The summed E-state index contributed by atoms with van der Waals surface area (Å²) in [5.41, 5.74) is 7.23. The van der Waals surface area contributed by atoms with Gasteiger partial charge < -0.3 is 4.42 Å². The molecule has 2 rings (SSSR count). The van der Waals surface area contributed by atoms with Crippen molar-refractivity contribution in [2.45, 2.75) is 13.8 Å². The van der Waals surface area contributed by atoms with Gasteiger partial charge in [-0.15, -0.1) is 0 Å². The summed E-state index contributed by atoms with van der Waals surface area (Å²) in [5, 5.41) is 0. The molecule has 0 spiro atoms. The lowest BCUT2D eigenvalue weighted by molar-refractivity contribution is 0.0961. The van der Waals surface area contributed by atoms with Crippen LogP contribution in [0, 0.1) is 13.8 Å². The molecule has 0 bridgehead atoms. The van der Waals surface area contributed by atoms with Gasteiger partial charge in [0.05, 0.1) is 11.8 Å². The van der Waals surface area contributed by atoms with Crippen molar-refractivity contribution in [2.75, 3.05) is 5.43 Å². The number of hydrazine groups is 1. The molecular formula is C11H12N4O2. The van der Waals surface area contributed by atoms with Gasteiger partial charge in [-0.3, -0.25) is 15.6 Å². The highest BCUT2D eigenvalue weighted by Gasteiger charge is 2.06. The van der Waals surface area contributed by atoms with Crippen LogP contribution >= 0.6 is 0 Å². The van der Waals surface area contributed by atoms with Crippen LogP contribution in [0.25, 0.3) is 0 Å². The van der Waals surface area contributed by atoms with Crippen molar-refractivity contribution in [3.8, 4) is 0 Å². The average Bonchev–Trinajstić information content (AvgIpc) is 2.78. The van der Waals surface area contributed by atoms with E-state index in [0.29, 0.717) is 11.5 Å². The van der Waals surface area contributed by atoms with Gasteiger partial charge in [0, 0.05) is 11.4 Å². The molecule has 6 nitrogen and oxygen atoms in total. The molecule has 0 aliphatic heterocycles. The highest BCUT2D eigenvalue weighted by Crippen LogP contribution is 2.03. The van der Waals surface area contributed by atoms with E-state index in [-0.39, 0.29) is 5.91 Å². The highest BCUT2D eigenvalue weighted by atomic mass is 16.3. The van der Waals surface area contributed by atoms with Crippen molar-refractivity contribution in [3.63, 3.8) is 0 Å². The minimum absolute atomic E-state index is 0.304. The largest absolute Gasteiger partial charge is 0.472 e. The van der Waals surface area contributed by atoms with Crippen LogP contribution in [0.5, 0.6) is 0 Å². The second kappa shape index (κ2) is 4.65. The van der Waals surface area contributed by atoms with E-state index in [0.717, 1.165) is 11.4 Å². The van der Waals surface area contributed by atoms with Gasteiger partial charge in [-0.05, 0) is 26.0 Å². The highest BCUT2D eigenvalue weighted by molar-refractivity contribution is 5.94. The summed E-state index contributed by atoms with van der Waals surface area (Å²) in [7, 11) is 0. The Balaban J connectivity index is 2.00. The smallest absolute Gasteiger partial charge is 0.272 e. The summed E-state index contributed by atoms with van der Waals surface area (Å²) in [6.45, 7) is 3.72. The number of nitrogens with zero attached hydrogens (tertiary/aromatic N) is 2. The Bertz CT molecular complexity index is 502. The summed E-state index contributed by atoms with van der Waals surface area (Å²) in [4.78, 5) is 19.8. The molecule has 0 fully saturated rings. The summed E-state index contributed by atoms with van der Waals surface area (Å²) in [6.07, 6.45) is 2.79. The SMILES string of the molecule is Cc1cc(C)nc(NNC(=O)c2ccoc2)n1. The minimum Gasteiger partial charge on any atom is -0.472 e. The number of anilines is 1. The number of aromatic nitrogens is 2. The van der Waals surface area contributed by atoms with E-state index in [1.54, 1.807) is 6.07 Å². The van der Waals surface area contributed by atoms with Gasteiger partial charge in [0.15, 0.2) is 0 Å². The number of aryl methyl sites for hydroxylation is 2. The molecule has 0 aliphatic carbocycles. The van der Waals surface area contributed by atoms with Crippen molar-refractivity contribution in [2.24, 2.45) is 0 Å². The molecule has 17 heavy (non-hydrogen) atoms. The van der Waals surface area contributed by atoms with Gasteiger partial charge in [-0.1, -0.05) is 0 Å². The first kappa shape index (κ1) is 11.1. The molecule has 2 aromatic rings. The average molecular weight is 232 g/mol. The molecular weight excluding hydrogens is 220 g/mol. The monoisotopic (exact) mass is 232 g/mol. The molecule has 0 atom stereocenters. The summed E-state index contributed by atoms with van der Waals surface area (Å²) in [5.74, 6) is 0.0563. The quantitative estimate of drug-likeness (QED) is 0.783. The van der Waals surface area contributed by atoms with Gasteiger partial charge in [0.1, 0.15) is 6.26 Å². The Kier molecular flexibility index (Phi) is 3.04. The van der Waals surface area contributed by atoms with Crippen molar-refractivity contribution >= 4 is 11.9 Å². The molecule has 1 amide bonds. The van der Waals surface area contributed by atoms with E-state index in [1.807, 2.05) is 19.9 Å². The molecule has 0 saturated carbocycles. The lowest BCUT2D eigenvalue weighted by Gasteiger charge is -2.06. The van der Waals surface area contributed by atoms with E-state index in [1.165, 1.54) is 12.5 Å². The number of hydrogen-bond acceptors (Lipinski definition) is 5. The van der Waals surface area contributed by atoms with Crippen LogP contribution in [0.1, 0.15) is 21.7 Å². The Morgan fingerprint density at radius 2 is 2.00 bits per heavy atom. The lowest BCUT2D eigenvalue weighted by Crippen LogP contribution is -2.30. The van der Waals surface area contributed by atoms with E-state index >= 15 is 0 Å². The van der Waals surface area contributed by atoms with Gasteiger partial charge in [0.2, 0.25) is 5.95 Å². The van der Waals surface area contributed by atoms with Gasteiger partial charge in [-0.25, -0.2) is 9.97 Å². The molecule has 0 aromatic carbocycles. The third-order valence-electron chi connectivity index (χ3n) is 2.05. The van der Waals surface area contributed by atoms with Crippen LogP contribution in [-0.2, 0) is 0 Å². The standard InChI is InChI=1S/C11H12N4O2/c1-7-5-8(2)13-11(12-7)15-14-10(16)9-3-4-17-6-9/h3-6H,1-2H3,(H,14,16)(H,12,13,15). The van der Waals surface area contributed by atoms with Crippen molar-refractivity contribution < 1.29 is 9.21 Å². The lowest BCUT2D eigenvalue weighted by atomic mass is 10.3. The Labute approximate surface area is 98.0 Å². The predicted molar refractivity (Wildman–Crippen MR) is 61.3 cm³/mol. The van der Waals surface area contributed by atoms with E-state index in [9.17, 15) is 4.79 Å². The van der Waals surface area contributed by atoms with Crippen LogP contribution in [-0.4, -0.2) is 15.9 Å². The first-order valence-electron chi connectivity index (χ1n) is 5.06. The zero-order valence-corrected chi connectivity index (χ0v) is 9.52. The maximum atomic E-state index is 11.6. The van der Waals surface area contributed by atoms with Crippen LogP contribution in [0.4, 0.5) is 5.95 Å². The number of nitrogens with one attached hydrogen (secondary N) is 2. The molecule has 2 aromatic heterocycles. The summed E-state index contributed by atoms with van der Waals surface area (Å²) >= 11 is 0. The van der Waals surface area contributed by atoms with E-state index in [4.69, 9.17) is 4.42 Å². The number of rotatable bonds is 3. The number of carbonyl (C=O) groups is 1. The minimum atomic E-state index is -0.304. The molecule has 0 saturated heterocycles. The zero-order chi connectivity index (χ0) is 12.3. The molecule has 0 aliphatic rings. The van der Waals surface area contributed by atoms with Gasteiger partial charge in [-0.2, -0.15) is 0 Å². The van der Waals surface area contributed by atoms with Crippen LogP contribution < -0.4 is 10.9 Å². The molecule has 6 heteroatoms. The van der Waals surface area contributed by atoms with Gasteiger partial charge >= 0.3 is 0 Å². The number of carbonyl (C=O) groups excluding carboxylic acids is 1. The van der Waals surface area contributed by atoms with Gasteiger partial charge in [0.25, 0.3) is 5.91 Å².